The summed E-state index contributed by atoms with van der Waals surface area (Å²) in [4.78, 5) is 9.80. The SMILES string of the molecule is C.C.O=CCCCOCCCO. The summed E-state index contributed by atoms with van der Waals surface area (Å²) in [6.45, 7) is 1.39. The number of hydrogen-bond acceptors (Lipinski definition) is 3. The number of aliphatic hydroxyl groups excluding tert-OH is 1. The quantitative estimate of drug-likeness (QED) is 0.476. The molecule has 3 nitrogen and oxygen atoms in total. The van der Waals surface area contributed by atoms with Crippen LogP contribution in [-0.2, 0) is 9.53 Å². The van der Waals surface area contributed by atoms with E-state index in [2.05, 4.69) is 0 Å². The zero-order valence-electron chi connectivity index (χ0n) is 6.08. The van der Waals surface area contributed by atoms with Gasteiger partial charge in [0.25, 0.3) is 0 Å². The molecule has 12 heavy (non-hydrogen) atoms. The standard InChI is InChI=1S/C7H14O3.2CH4/c8-4-1-2-6-10-7-3-5-9;;/h4,9H,1-3,5-7H2;2*1H4. The minimum absolute atomic E-state index is 0. The number of aldehydes is 1. The van der Waals surface area contributed by atoms with Crippen molar-refractivity contribution in [3.63, 3.8) is 0 Å². The Labute approximate surface area is 75.7 Å². The Morgan fingerprint density at radius 3 is 2.25 bits per heavy atom. The summed E-state index contributed by atoms with van der Waals surface area (Å²) in [5.41, 5.74) is 0. The molecule has 0 aromatic rings. The average molecular weight is 178 g/mol. The second-order valence-corrected chi connectivity index (χ2v) is 2.00. The van der Waals surface area contributed by atoms with Crippen molar-refractivity contribution < 1.29 is 14.6 Å². The fourth-order valence-electron chi connectivity index (χ4n) is 0.537. The van der Waals surface area contributed by atoms with Crippen molar-refractivity contribution in [2.24, 2.45) is 0 Å². The number of ether oxygens (including phenoxy) is 1. The largest absolute Gasteiger partial charge is 0.396 e. The Balaban J connectivity index is -0.000000405. The minimum Gasteiger partial charge on any atom is -0.396 e. The van der Waals surface area contributed by atoms with Gasteiger partial charge in [0.05, 0.1) is 0 Å². The first-order valence-electron chi connectivity index (χ1n) is 3.54. The van der Waals surface area contributed by atoms with E-state index in [-0.39, 0.29) is 21.5 Å². The summed E-state index contributed by atoms with van der Waals surface area (Å²) >= 11 is 0. The summed E-state index contributed by atoms with van der Waals surface area (Å²) in [5.74, 6) is 0. The number of carbonyl (C=O) groups excluding carboxylic acids is 1. The van der Waals surface area contributed by atoms with Crippen molar-refractivity contribution in [1.82, 2.24) is 0 Å². The Morgan fingerprint density at radius 2 is 1.75 bits per heavy atom. The summed E-state index contributed by atoms with van der Waals surface area (Å²) in [7, 11) is 0. The van der Waals surface area contributed by atoms with E-state index in [1.54, 1.807) is 0 Å². The van der Waals surface area contributed by atoms with Crippen LogP contribution in [-0.4, -0.2) is 31.2 Å². The first kappa shape index (κ1) is 17.6. The molecule has 0 fully saturated rings. The highest BCUT2D eigenvalue weighted by Gasteiger charge is 1.87. The molecule has 0 aliphatic heterocycles. The molecule has 0 bridgehead atoms. The Morgan fingerprint density at radius 1 is 1.17 bits per heavy atom. The molecule has 0 atom stereocenters. The zero-order valence-corrected chi connectivity index (χ0v) is 6.08. The number of rotatable bonds is 7. The van der Waals surface area contributed by atoms with Crippen LogP contribution < -0.4 is 0 Å². The first-order chi connectivity index (χ1) is 4.91. The van der Waals surface area contributed by atoms with Crippen LogP contribution in [0.15, 0.2) is 0 Å². The van der Waals surface area contributed by atoms with Crippen molar-refractivity contribution in [3.8, 4) is 0 Å². The molecule has 0 unspecified atom stereocenters. The summed E-state index contributed by atoms with van der Waals surface area (Å²) in [6.07, 6.45) is 2.92. The average Bonchev–Trinajstić information content (AvgIpc) is 1.97. The number of aliphatic hydroxyl groups is 1. The number of carbonyl (C=O) groups is 1. The van der Waals surface area contributed by atoms with Gasteiger partial charge < -0.3 is 14.6 Å². The third kappa shape index (κ3) is 16.3. The normalized spacial score (nSPS) is 8.08. The molecule has 0 aromatic carbocycles. The molecule has 0 radical (unpaired) electrons. The van der Waals surface area contributed by atoms with Crippen molar-refractivity contribution in [1.29, 1.82) is 0 Å². The van der Waals surface area contributed by atoms with Crippen LogP contribution in [0.4, 0.5) is 0 Å². The van der Waals surface area contributed by atoms with Crippen LogP contribution in [0, 0.1) is 0 Å². The van der Waals surface area contributed by atoms with Gasteiger partial charge in [-0.25, -0.2) is 0 Å². The van der Waals surface area contributed by atoms with E-state index in [1.165, 1.54) is 0 Å². The second-order valence-electron chi connectivity index (χ2n) is 2.00. The molecule has 3 heteroatoms. The molecule has 0 aromatic heterocycles. The lowest BCUT2D eigenvalue weighted by atomic mass is 10.3. The maximum absolute atomic E-state index is 9.80. The molecule has 0 spiro atoms. The van der Waals surface area contributed by atoms with Crippen molar-refractivity contribution in [2.75, 3.05) is 19.8 Å². The monoisotopic (exact) mass is 178 g/mol. The van der Waals surface area contributed by atoms with Crippen LogP contribution in [0.1, 0.15) is 34.1 Å². The molecule has 76 valence electrons. The highest BCUT2D eigenvalue weighted by Crippen LogP contribution is 1.87. The van der Waals surface area contributed by atoms with Gasteiger partial charge >= 0.3 is 0 Å². The van der Waals surface area contributed by atoms with E-state index < -0.39 is 0 Å². The van der Waals surface area contributed by atoms with E-state index in [1.807, 2.05) is 0 Å². The van der Waals surface area contributed by atoms with Gasteiger partial charge in [0.15, 0.2) is 0 Å². The second kappa shape index (κ2) is 16.9. The van der Waals surface area contributed by atoms with Crippen molar-refractivity contribution in [3.05, 3.63) is 0 Å². The summed E-state index contributed by atoms with van der Waals surface area (Å²) in [6, 6.07) is 0. The minimum atomic E-state index is 0. The molecule has 0 saturated carbocycles. The van der Waals surface area contributed by atoms with Gasteiger partial charge in [-0.2, -0.15) is 0 Å². The molecule has 0 heterocycles. The van der Waals surface area contributed by atoms with E-state index in [0.717, 1.165) is 12.7 Å². The summed E-state index contributed by atoms with van der Waals surface area (Å²) < 4.78 is 5.06. The van der Waals surface area contributed by atoms with Gasteiger partial charge in [-0.15, -0.1) is 0 Å². The topological polar surface area (TPSA) is 46.5 Å². The highest BCUT2D eigenvalue weighted by atomic mass is 16.5. The van der Waals surface area contributed by atoms with Gasteiger partial charge in [-0.1, -0.05) is 14.9 Å². The van der Waals surface area contributed by atoms with E-state index >= 15 is 0 Å². The molecule has 0 saturated heterocycles. The van der Waals surface area contributed by atoms with Crippen LogP contribution in [0.25, 0.3) is 0 Å². The van der Waals surface area contributed by atoms with Crippen molar-refractivity contribution >= 4 is 6.29 Å². The van der Waals surface area contributed by atoms with Gasteiger partial charge in [-0.3, -0.25) is 0 Å². The zero-order chi connectivity index (χ0) is 7.66. The molecular weight excluding hydrogens is 156 g/mol. The van der Waals surface area contributed by atoms with Gasteiger partial charge in [-0.05, 0) is 12.8 Å². The Hall–Kier alpha value is -0.410. The van der Waals surface area contributed by atoms with Gasteiger partial charge in [0.2, 0.25) is 0 Å². The van der Waals surface area contributed by atoms with E-state index in [4.69, 9.17) is 9.84 Å². The Kier molecular flexibility index (Phi) is 24.8. The number of unbranched alkanes of at least 4 members (excludes halogenated alkanes) is 1. The third-order valence-corrected chi connectivity index (χ3v) is 1.06. The first-order valence-corrected chi connectivity index (χ1v) is 3.54. The van der Waals surface area contributed by atoms with Crippen molar-refractivity contribution in [2.45, 2.75) is 34.1 Å². The van der Waals surface area contributed by atoms with Crippen LogP contribution in [0.5, 0.6) is 0 Å². The van der Waals surface area contributed by atoms with Crippen LogP contribution >= 0.6 is 0 Å². The van der Waals surface area contributed by atoms with E-state index in [9.17, 15) is 4.79 Å². The number of hydrogen-bond donors (Lipinski definition) is 1. The lowest BCUT2D eigenvalue weighted by Crippen LogP contribution is -1.98. The molecule has 0 aliphatic rings. The smallest absolute Gasteiger partial charge is 0.120 e. The molecule has 0 amide bonds. The Bertz CT molecular complexity index is 74.2. The fraction of sp³-hybridized carbons (Fsp3) is 0.889. The maximum atomic E-state index is 9.80. The lowest BCUT2D eigenvalue weighted by molar-refractivity contribution is -0.108. The third-order valence-electron chi connectivity index (χ3n) is 1.06. The lowest BCUT2D eigenvalue weighted by Gasteiger charge is -1.99. The highest BCUT2D eigenvalue weighted by molar-refractivity contribution is 5.48. The van der Waals surface area contributed by atoms with Gasteiger partial charge in [0.1, 0.15) is 6.29 Å². The molecular formula is C9H22O3. The fourth-order valence-corrected chi connectivity index (χ4v) is 0.537. The predicted molar refractivity (Wildman–Crippen MR) is 51.3 cm³/mol. The molecule has 0 rings (SSSR count). The van der Waals surface area contributed by atoms with Crippen LogP contribution in [0.2, 0.25) is 0 Å². The van der Waals surface area contributed by atoms with Gasteiger partial charge in [0, 0.05) is 26.2 Å². The molecule has 0 aliphatic carbocycles. The van der Waals surface area contributed by atoms with E-state index in [0.29, 0.717) is 26.1 Å². The predicted octanol–water partition coefficient (Wildman–Crippen LogP) is 1.64. The maximum Gasteiger partial charge on any atom is 0.120 e. The summed E-state index contributed by atoms with van der Waals surface area (Å²) in [5, 5.41) is 8.33. The van der Waals surface area contributed by atoms with Crippen LogP contribution in [0.3, 0.4) is 0 Å². The molecule has 1 N–H and O–H groups in total.